The number of piperidine rings is 4. The third-order valence-corrected chi connectivity index (χ3v) is 11.8. The summed E-state index contributed by atoms with van der Waals surface area (Å²) in [6, 6.07) is 6.64. The number of nitrogens with zero attached hydrogens (tertiary/aromatic N) is 5. The van der Waals surface area contributed by atoms with Crippen LogP contribution in [0.25, 0.3) is 0 Å². The van der Waals surface area contributed by atoms with Crippen molar-refractivity contribution in [3.05, 3.63) is 47.8 Å². The Bertz CT molecular complexity index is 1780. The van der Waals surface area contributed by atoms with Crippen molar-refractivity contribution in [2.75, 3.05) is 65.6 Å². The van der Waals surface area contributed by atoms with Gasteiger partial charge in [-0.15, -0.1) is 12.4 Å². The van der Waals surface area contributed by atoms with Crippen LogP contribution in [-0.4, -0.2) is 131 Å². The standard InChI is InChI=1S/C24H37N3O4.C14H26N2O2.C10H13NO3.ClH/c1-18(2)17-30-20-19(7-6-12-25-20)21(28)26-13-8-24(9-14-26)10-15-27(16-11-24)22(29)31-23(3,4)5;1-13(2,3)18-12(17)16-10-6-14(7-11-16)4-8-15-9-5-14;1-7(2)6-14-9-8(10(12)13)4-3-5-11-9;/h6-7,12,18H,8-11,13-17H2,1-5H3;15H,4-11H2,1-3H3;3-5,7H,6H2,1-2H3,(H,12,13);1H. The highest BCUT2D eigenvalue weighted by Gasteiger charge is 2.41. The first kappa shape index (κ1) is 54.0. The molecule has 4 aliphatic heterocycles. The van der Waals surface area contributed by atoms with Crippen LogP contribution in [0.2, 0.25) is 0 Å². The van der Waals surface area contributed by atoms with E-state index in [9.17, 15) is 19.2 Å². The lowest BCUT2D eigenvalue weighted by atomic mass is 9.71. The van der Waals surface area contributed by atoms with Crippen LogP contribution in [0.3, 0.4) is 0 Å². The van der Waals surface area contributed by atoms with E-state index in [1.54, 1.807) is 24.4 Å². The monoisotopic (exact) mass is 917 g/mol. The Kier molecular flexibility index (Phi) is 20.4. The zero-order valence-corrected chi connectivity index (χ0v) is 41.0. The first-order valence-electron chi connectivity index (χ1n) is 22.9. The van der Waals surface area contributed by atoms with Gasteiger partial charge in [0, 0.05) is 51.7 Å². The third-order valence-electron chi connectivity index (χ3n) is 11.8. The van der Waals surface area contributed by atoms with Crippen molar-refractivity contribution in [1.82, 2.24) is 30.0 Å². The number of aromatic carboxylic acids is 1. The van der Waals surface area contributed by atoms with E-state index in [1.807, 2.05) is 70.1 Å². The molecule has 6 heterocycles. The van der Waals surface area contributed by atoms with E-state index >= 15 is 0 Å². The molecule has 4 fully saturated rings. The number of rotatable bonds is 8. The third kappa shape index (κ3) is 17.2. The second kappa shape index (κ2) is 24.2. The largest absolute Gasteiger partial charge is 0.477 e. The summed E-state index contributed by atoms with van der Waals surface area (Å²) in [4.78, 5) is 62.0. The molecule has 4 saturated heterocycles. The van der Waals surface area contributed by atoms with Crippen LogP contribution in [0, 0.1) is 22.7 Å². The number of aromatic nitrogens is 2. The van der Waals surface area contributed by atoms with Crippen molar-refractivity contribution in [3.63, 3.8) is 0 Å². The summed E-state index contributed by atoms with van der Waals surface area (Å²) in [5, 5.41) is 12.2. The predicted octanol–water partition coefficient (Wildman–Crippen LogP) is 8.99. The van der Waals surface area contributed by atoms with Gasteiger partial charge in [-0.1, -0.05) is 27.7 Å². The molecule has 64 heavy (non-hydrogen) atoms. The van der Waals surface area contributed by atoms with E-state index in [4.69, 9.17) is 24.1 Å². The highest BCUT2D eigenvalue weighted by molar-refractivity contribution is 5.96. The Morgan fingerprint density at radius 3 is 1.36 bits per heavy atom. The molecule has 6 rings (SSSR count). The fraction of sp³-hybridized carbons (Fsp3) is 0.708. The van der Waals surface area contributed by atoms with Crippen LogP contribution in [0.4, 0.5) is 9.59 Å². The number of pyridine rings is 2. The van der Waals surface area contributed by atoms with Gasteiger partial charge in [0.2, 0.25) is 11.8 Å². The van der Waals surface area contributed by atoms with Crippen molar-refractivity contribution in [2.45, 2.75) is 132 Å². The molecule has 2 aromatic rings. The second-order valence-electron chi connectivity index (χ2n) is 20.4. The van der Waals surface area contributed by atoms with Crippen molar-refractivity contribution >= 4 is 36.5 Å². The van der Waals surface area contributed by atoms with Crippen molar-refractivity contribution < 1.29 is 43.2 Å². The van der Waals surface area contributed by atoms with E-state index in [1.165, 1.54) is 25.1 Å². The summed E-state index contributed by atoms with van der Waals surface area (Å²) < 4.78 is 22.0. The van der Waals surface area contributed by atoms with Crippen LogP contribution >= 0.6 is 12.4 Å². The molecule has 0 aromatic carbocycles. The summed E-state index contributed by atoms with van der Waals surface area (Å²) in [7, 11) is 0. The zero-order valence-electron chi connectivity index (χ0n) is 40.2. The molecule has 0 atom stereocenters. The highest BCUT2D eigenvalue weighted by atomic mass is 35.5. The molecule has 2 aromatic heterocycles. The van der Waals surface area contributed by atoms with E-state index in [0.29, 0.717) is 41.9 Å². The van der Waals surface area contributed by atoms with E-state index in [0.717, 1.165) is 90.9 Å². The SMILES string of the molecule is CC(C)(C)OC(=O)N1CCC2(CCNCC2)CC1.CC(C)COc1ncccc1C(=O)N1CCC2(CCN(C(=O)OC(C)(C)C)CC2)CC1.CC(C)COc1ncccc1C(=O)O.Cl. The topological polar surface area (TPSA) is 173 Å². The maximum absolute atomic E-state index is 13.1. The maximum Gasteiger partial charge on any atom is 0.410 e. The smallest absolute Gasteiger partial charge is 0.410 e. The zero-order chi connectivity index (χ0) is 46.4. The molecule has 0 saturated carbocycles. The molecule has 2 N–H and O–H groups in total. The van der Waals surface area contributed by atoms with Gasteiger partial charge >= 0.3 is 18.2 Å². The minimum absolute atomic E-state index is 0. The van der Waals surface area contributed by atoms with Gasteiger partial charge in [-0.2, -0.15) is 0 Å². The van der Waals surface area contributed by atoms with Gasteiger partial charge in [-0.25, -0.2) is 24.4 Å². The average molecular weight is 918 g/mol. The van der Waals surface area contributed by atoms with E-state index in [-0.39, 0.29) is 53.0 Å². The van der Waals surface area contributed by atoms with Crippen LogP contribution in [0.1, 0.15) is 141 Å². The van der Waals surface area contributed by atoms with Crippen LogP contribution in [-0.2, 0) is 9.47 Å². The molecule has 15 nitrogen and oxygen atoms in total. The molecule has 360 valence electrons. The lowest BCUT2D eigenvalue weighted by Crippen LogP contribution is -2.50. The number of likely N-dealkylation sites (tertiary alicyclic amines) is 3. The van der Waals surface area contributed by atoms with Crippen LogP contribution in [0.15, 0.2) is 36.7 Å². The lowest BCUT2D eigenvalue weighted by molar-refractivity contribution is -0.00138. The Labute approximate surface area is 388 Å². The Hall–Kier alpha value is -4.37. The summed E-state index contributed by atoms with van der Waals surface area (Å²) in [6.07, 6.45) is 11.4. The number of carbonyl (C=O) groups is 4. The number of nitrogens with one attached hydrogen (secondary N) is 1. The Morgan fingerprint density at radius 2 is 0.984 bits per heavy atom. The first-order valence-corrected chi connectivity index (χ1v) is 22.9. The molecule has 0 bridgehead atoms. The van der Waals surface area contributed by atoms with Crippen molar-refractivity contribution in [1.29, 1.82) is 0 Å². The summed E-state index contributed by atoms with van der Waals surface area (Å²) >= 11 is 0. The lowest BCUT2D eigenvalue weighted by Gasteiger charge is -2.46. The summed E-state index contributed by atoms with van der Waals surface area (Å²) in [6.45, 7) is 27.4. The Morgan fingerprint density at radius 1 is 0.625 bits per heavy atom. The number of hydrogen-bond donors (Lipinski definition) is 2. The van der Waals surface area contributed by atoms with Gasteiger partial charge in [0.25, 0.3) is 5.91 Å². The fourth-order valence-corrected chi connectivity index (χ4v) is 8.12. The molecule has 0 aliphatic carbocycles. The number of carbonyl (C=O) groups excluding carboxylic acids is 3. The quantitative estimate of drug-likeness (QED) is 0.258. The fourth-order valence-electron chi connectivity index (χ4n) is 8.12. The van der Waals surface area contributed by atoms with Crippen LogP contribution < -0.4 is 14.8 Å². The number of carboxylic acids is 1. The van der Waals surface area contributed by atoms with Gasteiger partial charge in [0.1, 0.15) is 22.3 Å². The number of halogens is 1. The minimum Gasteiger partial charge on any atom is -0.477 e. The summed E-state index contributed by atoms with van der Waals surface area (Å²) in [5.41, 5.74) is 0.487. The van der Waals surface area contributed by atoms with Gasteiger partial charge in [-0.3, -0.25) is 4.79 Å². The number of hydrogen-bond acceptors (Lipinski definition) is 11. The molecule has 0 radical (unpaired) electrons. The van der Waals surface area contributed by atoms with Gasteiger partial charge in [-0.05, 0) is 153 Å². The Balaban J connectivity index is 0.000000279. The highest BCUT2D eigenvalue weighted by Crippen LogP contribution is 2.42. The molecule has 16 heteroatoms. The number of amides is 3. The summed E-state index contributed by atoms with van der Waals surface area (Å²) in [5.74, 6) is 0.301. The molecule has 2 spiro atoms. The predicted molar refractivity (Wildman–Crippen MR) is 250 cm³/mol. The van der Waals surface area contributed by atoms with Gasteiger partial charge in [0.05, 0.1) is 13.2 Å². The molecule has 3 amide bonds. The minimum atomic E-state index is -1.02. The van der Waals surface area contributed by atoms with Crippen molar-refractivity contribution in [3.8, 4) is 11.8 Å². The molecule has 0 unspecified atom stereocenters. The molecular formula is C48H77ClN6O9. The van der Waals surface area contributed by atoms with E-state index in [2.05, 4.69) is 29.1 Å². The van der Waals surface area contributed by atoms with Crippen molar-refractivity contribution in [2.24, 2.45) is 22.7 Å². The van der Waals surface area contributed by atoms with Crippen LogP contribution in [0.5, 0.6) is 11.8 Å². The van der Waals surface area contributed by atoms with E-state index < -0.39 is 11.6 Å². The maximum atomic E-state index is 13.1. The van der Waals surface area contributed by atoms with Gasteiger partial charge < -0.3 is 44.1 Å². The molecule has 4 aliphatic rings. The average Bonchev–Trinajstić information content (AvgIpc) is 3.22. The number of carboxylic acid groups (broad SMARTS) is 1. The molecular weight excluding hydrogens is 840 g/mol. The number of ether oxygens (including phenoxy) is 4. The first-order chi connectivity index (χ1) is 29.6. The van der Waals surface area contributed by atoms with Gasteiger partial charge in [0.15, 0.2) is 0 Å². The normalized spacial score (nSPS) is 18.2. The second-order valence-corrected chi connectivity index (χ2v) is 20.4.